The van der Waals surface area contributed by atoms with E-state index in [4.69, 9.17) is 21.7 Å². The Labute approximate surface area is 141 Å². The van der Waals surface area contributed by atoms with E-state index in [1.54, 1.807) is 6.20 Å². The van der Waals surface area contributed by atoms with Crippen LogP contribution in [0.1, 0.15) is 19.4 Å². The molecule has 0 saturated heterocycles. The van der Waals surface area contributed by atoms with Crippen LogP contribution in [0.15, 0.2) is 42.7 Å². The summed E-state index contributed by atoms with van der Waals surface area (Å²) >= 11 is 5.58. The summed E-state index contributed by atoms with van der Waals surface area (Å²) in [5, 5.41) is 3.96. The van der Waals surface area contributed by atoms with Gasteiger partial charge in [0.25, 0.3) is 0 Å². The van der Waals surface area contributed by atoms with Gasteiger partial charge in [0, 0.05) is 30.2 Å². The summed E-state index contributed by atoms with van der Waals surface area (Å²) in [6.45, 7) is 5.02. The number of ether oxygens (including phenoxy) is 2. The smallest absolute Gasteiger partial charge is 0.231 e. The zero-order chi connectivity index (χ0) is 16.2. The lowest BCUT2D eigenvalue weighted by atomic mass is 10.2. The van der Waals surface area contributed by atoms with Gasteiger partial charge in [-0.15, -0.1) is 0 Å². The molecule has 0 unspecified atom stereocenters. The zero-order valence-electron chi connectivity index (χ0n) is 13.2. The van der Waals surface area contributed by atoms with Crippen LogP contribution in [0.4, 0.5) is 5.69 Å². The molecule has 1 aromatic heterocycles. The van der Waals surface area contributed by atoms with Crippen LogP contribution >= 0.6 is 12.2 Å². The molecule has 1 aliphatic heterocycles. The molecule has 23 heavy (non-hydrogen) atoms. The third kappa shape index (κ3) is 3.71. The van der Waals surface area contributed by atoms with Crippen LogP contribution in [0.3, 0.4) is 0 Å². The average Bonchev–Trinajstić information content (AvgIpc) is 3.00. The number of benzene rings is 1. The molecule has 0 spiro atoms. The van der Waals surface area contributed by atoms with Crippen LogP contribution in [-0.2, 0) is 6.54 Å². The molecule has 0 aliphatic carbocycles. The first-order valence-corrected chi connectivity index (χ1v) is 7.91. The average molecular weight is 329 g/mol. The van der Waals surface area contributed by atoms with E-state index in [0.29, 0.717) is 11.7 Å². The van der Waals surface area contributed by atoms with E-state index in [-0.39, 0.29) is 12.8 Å². The van der Waals surface area contributed by atoms with Crippen molar-refractivity contribution in [1.29, 1.82) is 0 Å². The van der Waals surface area contributed by atoms with Crippen molar-refractivity contribution in [3.8, 4) is 11.5 Å². The lowest BCUT2D eigenvalue weighted by molar-refractivity contribution is 0.174. The Kier molecular flexibility index (Phi) is 4.62. The molecule has 2 aromatic rings. The highest BCUT2D eigenvalue weighted by molar-refractivity contribution is 7.80. The van der Waals surface area contributed by atoms with E-state index >= 15 is 0 Å². The Morgan fingerprint density at radius 2 is 2.13 bits per heavy atom. The van der Waals surface area contributed by atoms with Crippen molar-refractivity contribution in [3.05, 3.63) is 48.3 Å². The molecule has 1 aliphatic rings. The van der Waals surface area contributed by atoms with E-state index in [9.17, 15) is 0 Å². The molecule has 3 rings (SSSR count). The van der Waals surface area contributed by atoms with Crippen LogP contribution < -0.4 is 19.7 Å². The Hall–Kier alpha value is -2.34. The fourth-order valence-corrected chi connectivity index (χ4v) is 2.74. The molecule has 1 aromatic carbocycles. The van der Waals surface area contributed by atoms with Gasteiger partial charge in [-0.3, -0.25) is 4.98 Å². The third-order valence-corrected chi connectivity index (χ3v) is 3.73. The van der Waals surface area contributed by atoms with E-state index in [2.05, 4.69) is 24.1 Å². The second kappa shape index (κ2) is 6.83. The van der Waals surface area contributed by atoms with Crippen LogP contribution in [0.2, 0.25) is 0 Å². The fourth-order valence-electron chi connectivity index (χ4n) is 2.33. The molecule has 0 amide bonds. The van der Waals surface area contributed by atoms with Crippen molar-refractivity contribution in [2.75, 3.05) is 11.7 Å². The Morgan fingerprint density at radius 3 is 2.87 bits per heavy atom. The van der Waals surface area contributed by atoms with Crippen molar-refractivity contribution in [3.63, 3.8) is 0 Å². The maximum Gasteiger partial charge on any atom is 0.231 e. The molecule has 6 heteroatoms. The number of aromatic nitrogens is 1. The second-order valence-corrected chi connectivity index (χ2v) is 5.98. The summed E-state index contributed by atoms with van der Waals surface area (Å²) in [5.41, 5.74) is 2.04. The quantitative estimate of drug-likeness (QED) is 0.870. The van der Waals surface area contributed by atoms with Gasteiger partial charge >= 0.3 is 0 Å². The molecule has 0 bridgehead atoms. The van der Waals surface area contributed by atoms with Crippen molar-refractivity contribution in [2.45, 2.75) is 26.4 Å². The van der Waals surface area contributed by atoms with E-state index in [0.717, 1.165) is 22.7 Å². The number of thiocarbonyl (C=S) groups is 1. The Bertz CT molecular complexity index is 691. The first kappa shape index (κ1) is 15.6. The highest BCUT2D eigenvalue weighted by Crippen LogP contribution is 2.35. The maximum atomic E-state index is 5.58. The molecule has 1 N–H and O–H groups in total. The molecule has 0 atom stereocenters. The van der Waals surface area contributed by atoms with Gasteiger partial charge in [-0.1, -0.05) is 6.07 Å². The number of rotatable bonds is 4. The molecule has 5 nitrogen and oxygen atoms in total. The largest absolute Gasteiger partial charge is 0.454 e. The molecule has 0 fully saturated rings. The number of anilines is 1. The van der Waals surface area contributed by atoms with Gasteiger partial charge in [-0.2, -0.15) is 0 Å². The molecular weight excluding hydrogens is 310 g/mol. The van der Waals surface area contributed by atoms with Gasteiger partial charge < -0.3 is 19.7 Å². The van der Waals surface area contributed by atoms with Gasteiger partial charge in [0.15, 0.2) is 16.6 Å². The molecular formula is C17H19N3O2S. The van der Waals surface area contributed by atoms with Gasteiger partial charge in [-0.25, -0.2) is 0 Å². The monoisotopic (exact) mass is 329 g/mol. The summed E-state index contributed by atoms with van der Waals surface area (Å²) < 4.78 is 10.9. The number of nitrogens with zero attached hydrogens (tertiary/aromatic N) is 2. The van der Waals surface area contributed by atoms with Crippen molar-refractivity contribution in [2.24, 2.45) is 0 Å². The predicted octanol–water partition coefficient (Wildman–Crippen LogP) is 3.10. The van der Waals surface area contributed by atoms with Gasteiger partial charge in [0.05, 0.1) is 6.54 Å². The Morgan fingerprint density at radius 1 is 1.30 bits per heavy atom. The van der Waals surface area contributed by atoms with Crippen LogP contribution in [0.5, 0.6) is 11.5 Å². The van der Waals surface area contributed by atoms with Crippen LogP contribution in [0.25, 0.3) is 0 Å². The fraction of sp³-hybridized carbons (Fsp3) is 0.294. The summed E-state index contributed by atoms with van der Waals surface area (Å²) in [6.07, 6.45) is 3.61. The summed E-state index contributed by atoms with van der Waals surface area (Å²) in [5.74, 6) is 1.50. The summed E-state index contributed by atoms with van der Waals surface area (Å²) in [7, 11) is 0. The highest BCUT2D eigenvalue weighted by atomic mass is 32.1. The van der Waals surface area contributed by atoms with Crippen molar-refractivity contribution < 1.29 is 9.47 Å². The molecule has 120 valence electrons. The number of fused-ring (bicyclic) bond motifs is 1. The topological polar surface area (TPSA) is 46.6 Å². The van der Waals surface area contributed by atoms with E-state index in [1.165, 1.54) is 0 Å². The number of pyridine rings is 1. The lowest BCUT2D eigenvalue weighted by Crippen LogP contribution is -2.42. The summed E-state index contributed by atoms with van der Waals surface area (Å²) in [4.78, 5) is 6.21. The molecule has 0 radical (unpaired) electrons. The number of nitrogens with one attached hydrogen (secondary N) is 1. The number of hydrogen-bond acceptors (Lipinski definition) is 4. The minimum absolute atomic E-state index is 0.257. The lowest BCUT2D eigenvalue weighted by Gasteiger charge is -2.27. The summed E-state index contributed by atoms with van der Waals surface area (Å²) in [6, 6.07) is 10.1. The van der Waals surface area contributed by atoms with Crippen molar-refractivity contribution >= 4 is 23.0 Å². The van der Waals surface area contributed by atoms with Gasteiger partial charge in [0.1, 0.15) is 0 Å². The van der Waals surface area contributed by atoms with Crippen LogP contribution in [0, 0.1) is 0 Å². The number of hydrogen-bond donors (Lipinski definition) is 1. The van der Waals surface area contributed by atoms with Gasteiger partial charge in [0.2, 0.25) is 6.79 Å². The molecule has 2 heterocycles. The normalized spacial score (nSPS) is 12.3. The Balaban J connectivity index is 1.89. The standard InChI is InChI=1S/C17H19N3O2S/c1-12(2)19-17(23)20(10-13-4-3-7-18-9-13)14-5-6-15-16(8-14)22-11-21-15/h3-9,12H,10-11H2,1-2H3,(H,19,23). The first-order chi connectivity index (χ1) is 11.1. The predicted molar refractivity (Wildman–Crippen MR) is 93.9 cm³/mol. The first-order valence-electron chi connectivity index (χ1n) is 7.50. The minimum Gasteiger partial charge on any atom is -0.454 e. The van der Waals surface area contributed by atoms with Crippen molar-refractivity contribution in [1.82, 2.24) is 10.3 Å². The van der Waals surface area contributed by atoms with Crippen LogP contribution in [-0.4, -0.2) is 22.9 Å². The minimum atomic E-state index is 0.257. The SMILES string of the molecule is CC(C)NC(=S)N(Cc1cccnc1)c1ccc2c(c1)OCO2. The van der Waals surface area contributed by atoms with E-state index in [1.807, 2.05) is 41.4 Å². The highest BCUT2D eigenvalue weighted by Gasteiger charge is 2.19. The zero-order valence-corrected chi connectivity index (χ0v) is 14.0. The third-order valence-electron chi connectivity index (χ3n) is 3.39. The maximum absolute atomic E-state index is 5.58. The van der Waals surface area contributed by atoms with E-state index < -0.39 is 0 Å². The molecule has 0 saturated carbocycles. The van der Waals surface area contributed by atoms with Gasteiger partial charge in [-0.05, 0) is 49.8 Å². The second-order valence-electron chi connectivity index (χ2n) is 5.59.